The van der Waals surface area contributed by atoms with Crippen molar-refractivity contribution in [2.24, 2.45) is 0 Å². The van der Waals surface area contributed by atoms with Crippen molar-refractivity contribution in [3.05, 3.63) is 35.7 Å². The highest BCUT2D eigenvalue weighted by atomic mass is 16.4. The van der Waals surface area contributed by atoms with Gasteiger partial charge in [0.25, 0.3) is 0 Å². The zero-order valence-electron chi connectivity index (χ0n) is 12.2. The van der Waals surface area contributed by atoms with E-state index in [-0.39, 0.29) is 12.1 Å². The van der Waals surface area contributed by atoms with Crippen LogP contribution in [0.5, 0.6) is 0 Å². The molecule has 0 saturated heterocycles. The number of aryl methyl sites for hydroxylation is 2. The van der Waals surface area contributed by atoms with Crippen LogP contribution in [0, 0.1) is 13.8 Å². The largest absolute Gasteiger partial charge is 0.441 e. The second-order valence-corrected chi connectivity index (χ2v) is 4.99. The van der Waals surface area contributed by atoms with E-state index in [9.17, 15) is 4.79 Å². The summed E-state index contributed by atoms with van der Waals surface area (Å²) in [6.45, 7) is 7.60. The van der Waals surface area contributed by atoms with Crippen LogP contribution < -0.4 is 10.6 Å². The highest BCUT2D eigenvalue weighted by Gasteiger charge is 2.09. The van der Waals surface area contributed by atoms with Crippen molar-refractivity contribution >= 4 is 11.7 Å². The molecule has 0 spiro atoms. The average Bonchev–Trinajstić information content (AvgIpc) is 2.69. The van der Waals surface area contributed by atoms with Crippen LogP contribution in [0.3, 0.4) is 0 Å². The topological polar surface area (TPSA) is 67.2 Å². The summed E-state index contributed by atoms with van der Waals surface area (Å²) in [6.07, 6.45) is 0. The third-order valence-corrected chi connectivity index (χ3v) is 2.82. The lowest BCUT2D eigenvalue weighted by molar-refractivity contribution is 0.250. The molecule has 0 unspecified atom stereocenters. The van der Waals surface area contributed by atoms with Crippen molar-refractivity contribution in [1.82, 2.24) is 10.3 Å². The third-order valence-electron chi connectivity index (χ3n) is 2.82. The first-order chi connectivity index (χ1) is 9.45. The van der Waals surface area contributed by atoms with Gasteiger partial charge in [-0.25, -0.2) is 9.78 Å². The number of rotatable bonds is 3. The van der Waals surface area contributed by atoms with Crippen molar-refractivity contribution in [1.29, 1.82) is 0 Å². The number of amides is 2. The highest BCUT2D eigenvalue weighted by molar-refractivity contribution is 5.90. The molecular weight excluding hydrogens is 254 g/mol. The van der Waals surface area contributed by atoms with Crippen molar-refractivity contribution < 1.29 is 9.21 Å². The number of anilines is 1. The fourth-order valence-electron chi connectivity index (χ4n) is 1.76. The van der Waals surface area contributed by atoms with Gasteiger partial charge in [-0.05, 0) is 45.9 Å². The Morgan fingerprint density at radius 3 is 2.65 bits per heavy atom. The van der Waals surface area contributed by atoms with Crippen LogP contribution in [-0.4, -0.2) is 17.1 Å². The van der Waals surface area contributed by atoms with E-state index in [0.717, 1.165) is 17.0 Å². The van der Waals surface area contributed by atoms with Gasteiger partial charge in [0, 0.05) is 17.3 Å². The van der Waals surface area contributed by atoms with Gasteiger partial charge in [-0.3, -0.25) is 0 Å². The van der Waals surface area contributed by atoms with Crippen LogP contribution in [0.2, 0.25) is 0 Å². The molecule has 2 rings (SSSR count). The summed E-state index contributed by atoms with van der Waals surface area (Å²) >= 11 is 0. The molecule has 1 heterocycles. The van der Waals surface area contributed by atoms with Crippen LogP contribution in [-0.2, 0) is 0 Å². The molecule has 20 heavy (non-hydrogen) atoms. The minimum absolute atomic E-state index is 0.0928. The predicted octanol–water partition coefficient (Wildman–Crippen LogP) is 3.49. The maximum atomic E-state index is 11.7. The standard InChI is InChI=1S/C15H19N3O2/c1-9(2)16-15(19)18-13-7-5-6-12(8-13)14-17-10(3)11(4)20-14/h5-9H,1-4H3,(H2,16,18,19). The number of benzene rings is 1. The number of urea groups is 1. The normalized spacial score (nSPS) is 10.7. The number of nitrogens with zero attached hydrogens (tertiary/aromatic N) is 1. The van der Waals surface area contributed by atoms with Gasteiger partial charge in [0.05, 0.1) is 5.69 Å². The third kappa shape index (κ3) is 3.38. The van der Waals surface area contributed by atoms with Crippen molar-refractivity contribution in [3.63, 3.8) is 0 Å². The smallest absolute Gasteiger partial charge is 0.319 e. The molecule has 0 saturated carbocycles. The number of hydrogen-bond acceptors (Lipinski definition) is 3. The van der Waals surface area contributed by atoms with Gasteiger partial charge in [0.2, 0.25) is 5.89 Å². The van der Waals surface area contributed by atoms with Gasteiger partial charge in [-0.1, -0.05) is 6.07 Å². The number of carbonyl (C=O) groups excluding carboxylic acids is 1. The van der Waals surface area contributed by atoms with Gasteiger partial charge in [-0.15, -0.1) is 0 Å². The Morgan fingerprint density at radius 1 is 1.30 bits per heavy atom. The van der Waals surface area contributed by atoms with Crippen molar-refractivity contribution in [2.45, 2.75) is 33.7 Å². The number of oxazole rings is 1. The van der Waals surface area contributed by atoms with Gasteiger partial charge in [0.1, 0.15) is 5.76 Å². The minimum atomic E-state index is -0.225. The van der Waals surface area contributed by atoms with Crippen molar-refractivity contribution in [3.8, 4) is 11.5 Å². The Labute approximate surface area is 118 Å². The first-order valence-electron chi connectivity index (χ1n) is 6.57. The van der Waals surface area contributed by atoms with E-state index in [4.69, 9.17) is 4.42 Å². The van der Waals surface area contributed by atoms with Crippen LogP contribution in [0.15, 0.2) is 28.7 Å². The predicted molar refractivity (Wildman–Crippen MR) is 78.7 cm³/mol. The van der Waals surface area contributed by atoms with Gasteiger partial charge < -0.3 is 15.1 Å². The summed E-state index contributed by atoms with van der Waals surface area (Å²) in [5.41, 5.74) is 2.41. The Hall–Kier alpha value is -2.30. The quantitative estimate of drug-likeness (QED) is 0.899. The average molecular weight is 273 g/mol. The summed E-state index contributed by atoms with van der Waals surface area (Å²) < 4.78 is 5.59. The summed E-state index contributed by atoms with van der Waals surface area (Å²) in [5.74, 6) is 1.36. The Bertz CT molecular complexity index is 598. The molecule has 2 N–H and O–H groups in total. The zero-order chi connectivity index (χ0) is 14.7. The number of aromatic nitrogens is 1. The molecule has 5 heteroatoms. The fourth-order valence-corrected chi connectivity index (χ4v) is 1.76. The maximum Gasteiger partial charge on any atom is 0.319 e. The molecule has 0 aliphatic heterocycles. The number of nitrogens with one attached hydrogen (secondary N) is 2. The molecular formula is C15H19N3O2. The molecule has 0 radical (unpaired) electrons. The first kappa shape index (κ1) is 14.1. The lowest BCUT2D eigenvalue weighted by atomic mass is 10.2. The van der Waals surface area contributed by atoms with Gasteiger partial charge in [0.15, 0.2) is 0 Å². The van der Waals surface area contributed by atoms with E-state index in [0.29, 0.717) is 11.6 Å². The Morgan fingerprint density at radius 2 is 2.05 bits per heavy atom. The summed E-state index contributed by atoms with van der Waals surface area (Å²) in [5, 5.41) is 5.56. The molecule has 0 bridgehead atoms. The minimum Gasteiger partial charge on any atom is -0.441 e. The van der Waals surface area contributed by atoms with E-state index < -0.39 is 0 Å². The Kier molecular flexibility index (Phi) is 4.08. The molecule has 2 aromatic rings. The second-order valence-electron chi connectivity index (χ2n) is 4.99. The Balaban J connectivity index is 2.18. The monoisotopic (exact) mass is 273 g/mol. The molecule has 0 aliphatic carbocycles. The second kappa shape index (κ2) is 5.77. The molecule has 106 valence electrons. The lowest BCUT2D eigenvalue weighted by Gasteiger charge is -2.10. The van der Waals surface area contributed by atoms with Crippen molar-refractivity contribution in [2.75, 3.05) is 5.32 Å². The van der Waals surface area contributed by atoms with E-state index in [1.807, 2.05) is 52.0 Å². The van der Waals surface area contributed by atoms with E-state index in [1.54, 1.807) is 0 Å². The molecule has 1 aromatic heterocycles. The summed E-state index contributed by atoms with van der Waals surface area (Å²) in [7, 11) is 0. The maximum absolute atomic E-state index is 11.7. The van der Waals surface area contributed by atoms with Crippen LogP contribution in [0.1, 0.15) is 25.3 Å². The SMILES string of the molecule is Cc1nc(-c2cccc(NC(=O)NC(C)C)c2)oc1C. The number of carbonyl (C=O) groups is 1. The molecule has 5 nitrogen and oxygen atoms in total. The summed E-state index contributed by atoms with van der Waals surface area (Å²) in [6, 6.07) is 7.29. The lowest BCUT2D eigenvalue weighted by Crippen LogP contribution is -2.34. The van der Waals surface area contributed by atoms with E-state index in [2.05, 4.69) is 15.6 Å². The first-order valence-corrected chi connectivity index (χ1v) is 6.57. The zero-order valence-corrected chi connectivity index (χ0v) is 12.2. The van der Waals surface area contributed by atoms with Gasteiger partial charge >= 0.3 is 6.03 Å². The molecule has 0 aliphatic rings. The van der Waals surface area contributed by atoms with Crippen LogP contribution in [0.25, 0.3) is 11.5 Å². The van der Waals surface area contributed by atoms with E-state index in [1.165, 1.54) is 0 Å². The molecule has 1 aromatic carbocycles. The van der Waals surface area contributed by atoms with E-state index >= 15 is 0 Å². The summed E-state index contributed by atoms with van der Waals surface area (Å²) in [4.78, 5) is 16.0. The molecule has 0 atom stereocenters. The molecule has 0 fully saturated rings. The van der Waals surface area contributed by atoms with Gasteiger partial charge in [-0.2, -0.15) is 0 Å². The van der Waals surface area contributed by atoms with Crippen LogP contribution in [0.4, 0.5) is 10.5 Å². The number of hydrogen-bond donors (Lipinski definition) is 2. The fraction of sp³-hybridized carbons (Fsp3) is 0.333. The molecule has 2 amide bonds. The highest BCUT2D eigenvalue weighted by Crippen LogP contribution is 2.23. The van der Waals surface area contributed by atoms with Crippen LogP contribution >= 0.6 is 0 Å².